The molecule has 0 fully saturated rings. The van der Waals surface area contributed by atoms with Gasteiger partial charge in [0.1, 0.15) is 5.76 Å². The van der Waals surface area contributed by atoms with E-state index in [1.54, 1.807) is 6.20 Å². The zero-order valence-corrected chi connectivity index (χ0v) is 10.3. The summed E-state index contributed by atoms with van der Waals surface area (Å²) in [6, 6.07) is 8.26. The fraction of sp³-hybridized carbons (Fsp3) is 0.357. The maximum atomic E-state index is 5.70. The minimum Gasteiger partial charge on any atom is -0.444 e. The summed E-state index contributed by atoms with van der Waals surface area (Å²) in [5.74, 6) is 1.52. The lowest BCUT2D eigenvalue weighted by Gasteiger charge is -2.03. The smallest absolute Gasteiger partial charge is 0.210 e. The number of nitrogens with zero attached hydrogens (tertiary/aromatic N) is 1. The first-order valence-electron chi connectivity index (χ1n) is 5.91. The molecule has 0 aliphatic heterocycles. The van der Waals surface area contributed by atoms with Crippen LogP contribution in [0.4, 0.5) is 0 Å². The minimum absolute atomic E-state index is 0.137. The third-order valence-electron chi connectivity index (χ3n) is 2.86. The molecule has 0 spiro atoms. The maximum Gasteiger partial charge on any atom is 0.210 e. The van der Waals surface area contributed by atoms with Crippen LogP contribution in [0.3, 0.4) is 0 Å². The van der Waals surface area contributed by atoms with Gasteiger partial charge in [-0.25, -0.2) is 4.98 Å². The largest absolute Gasteiger partial charge is 0.444 e. The highest BCUT2D eigenvalue weighted by atomic mass is 16.4. The van der Waals surface area contributed by atoms with Crippen molar-refractivity contribution in [1.29, 1.82) is 0 Å². The first-order valence-corrected chi connectivity index (χ1v) is 5.91. The normalized spacial score (nSPS) is 12.6. The van der Waals surface area contributed by atoms with E-state index in [0.29, 0.717) is 5.89 Å². The van der Waals surface area contributed by atoms with E-state index in [9.17, 15) is 0 Å². The van der Waals surface area contributed by atoms with Crippen LogP contribution in [0.25, 0.3) is 0 Å². The Morgan fingerprint density at radius 1 is 1.29 bits per heavy atom. The molecule has 0 radical (unpaired) electrons. The van der Waals surface area contributed by atoms with Gasteiger partial charge in [-0.15, -0.1) is 0 Å². The Morgan fingerprint density at radius 2 is 2.06 bits per heavy atom. The van der Waals surface area contributed by atoms with Crippen molar-refractivity contribution < 1.29 is 4.42 Å². The summed E-state index contributed by atoms with van der Waals surface area (Å²) in [5.41, 5.74) is 8.37. The molecule has 2 N–H and O–H groups in total. The summed E-state index contributed by atoms with van der Waals surface area (Å²) in [6.45, 7) is 4.00. The van der Waals surface area contributed by atoms with Crippen molar-refractivity contribution in [2.45, 2.75) is 32.7 Å². The number of hydrogen-bond acceptors (Lipinski definition) is 3. The molecule has 0 saturated heterocycles. The molecule has 1 heterocycles. The fourth-order valence-electron chi connectivity index (χ4n) is 1.80. The van der Waals surface area contributed by atoms with Crippen molar-refractivity contribution in [2.75, 3.05) is 0 Å². The molecule has 17 heavy (non-hydrogen) atoms. The molecule has 3 heteroatoms. The van der Waals surface area contributed by atoms with Crippen molar-refractivity contribution in [2.24, 2.45) is 5.73 Å². The number of aryl methyl sites for hydroxylation is 3. The number of benzene rings is 1. The molecule has 2 aromatic rings. The highest BCUT2D eigenvalue weighted by Crippen LogP contribution is 2.14. The topological polar surface area (TPSA) is 52.0 Å². The van der Waals surface area contributed by atoms with Gasteiger partial charge < -0.3 is 10.2 Å². The zero-order valence-electron chi connectivity index (χ0n) is 10.3. The van der Waals surface area contributed by atoms with Gasteiger partial charge in [-0.1, -0.05) is 24.3 Å². The Hall–Kier alpha value is -1.61. The summed E-state index contributed by atoms with van der Waals surface area (Å²) in [4.78, 5) is 4.16. The molecule has 0 amide bonds. The second-order valence-corrected chi connectivity index (χ2v) is 4.38. The number of aromatic nitrogens is 1. The van der Waals surface area contributed by atoms with E-state index < -0.39 is 0 Å². The Kier molecular flexibility index (Phi) is 3.59. The first kappa shape index (κ1) is 11.9. The Morgan fingerprint density at radius 3 is 2.71 bits per heavy atom. The summed E-state index contributed by atoms with van der Waals surface area (Å²) >= 11 is 0. The molecule has 0 bridgehead atoms. The number of nitrogens with two attached hydrogens (primary N) is 1. The summed E-state index contributed by atoms with van der Waals surface area (Å²) in [6.07, 6.45) is 3.61. The van der Waals surface area contributed by atoms with Gasteiger partial charge >= 0.3 is 0 Å². The molecule has 1 aromatic carbocycles. The molecule has 3 nitrogen and oxygen atoms in total. The number of rotatable bonds is 4. The maximum absolute atomic E-state index is 5.70. The highest BCUT2D eigenvalue weighted by molar-refractivity contribution is 5.26. The van der Waals surface area contributed by atoms with E-state index in [0.717, 1.165) is 18.6 Å². The number of oxazole rings is 1. The van der Waals surface area contributed by atoms with Gasteiger partial charge in [-0.2, -0.15) is 0 Å². The molecule has 0 saturated carbocycles. The second-order valence-electron chi connectivity index (χ2n) is 4.38. The van der Waals surface area contributed by atoms with Crippen LogP contribution in [-0.2, 0) is 12.8 Å². The fourth-order valence-corrected chi connectivity index (χ4v) is 1.80. The quantitative estimate of drug-likeness (QED) is 0.878. The lowest BCUT2D eigenvalue weighted by molar-refractivity contribution is 0.430. The van der Waals surface area contributed by atoms with E-state index in [2.05, 4.69) is 36.2 Å². The van der Waals surface area contributed by atoms with Crippen LogP contribution in [0.1, 0.15) is 35.7 Å². The zero-order chi connectivity index (χ0) is 12.3. The van der Waals surface area contributed by atoms with Crippen LogP contribution in [0.5, 0.6) is 0 Å². The molecular weight excluding hydrogens is 212 g/mol. The predicted molar refractivity (Wildman–Crippen MR) is 67.7 cm³/mol. The van der Waals surface area contributed by atoms with Crippen LogP contribution >= 0.6 is 0 Å². The average molecular weight is 230 g/mol. The Labute approximate surface area is 102 Å². The van der Waals surface area contributed by atoms with Gasteiger partial charge in [0, 0.05) is 6.42 Å². The van der Waals surface area contributed by atoms with Crippen LogP contribution in [0.2, 0.25) is 0 Å². The van der Waals surface area contributed by atoms with Gasteiger partial charge in [-0.3, -0.25) is 0 Å². The lowest BCUT2D eigenvalue weighted by Crippen LogP contribution is -2.04. The lowest BCUT2D eigenvalue weighted by atomic mass is 10.0. The highest BCUT2D eigenvalue weighted by Gasteiger charge is 2.08. The third kappa shape index (κ3) is 2.94. The monoisotopic (exact) mass is 230 g/mol. The third-order valence-corrected chi connectivity index (χ3v) is 2.86. The van der Waals surface area contributed by atoms with Gasteiger partial charge in [0.15, 0.2) is 0 Å². The molecule has 1 aromatic heterocycles. The van der Waals surface area contributed by atoms with Crippen molar-refractivity contribution in [3.63, 3.8) is 0 Å². The second kappa shape index (κ2) is 5.15. The number of hydrogen-bond donors (Lipinski definition) is 1. The van der Waals surface area contributed by atoms with E-state index in [1.807, 2.05) is 6.92 Å². The van der Waals surface area contributed by atoms with Gasteiger partial charge in [0.25, 0.3) is 0 Å². The SMILES string of the molecule is Cc1ccccc1CCc1cnc(C(C)N)o1. The molecule has 90 valence electrons. The molecule has 2 rings (SSSR count). The summed E-state index contributed by atoms with van der Waals surface area (Å²) in [7, 11) is 0. The van der Waals surface area contributed by atoms with Gasteiger partial charge in [0.05, 0.1) is 12.2 Å². The van der Waals surface area contributed by atoms with Crippen molar-refractivity contribution >= 4 is 0 Å². The molecule has 0 aliphatic carbocycles. The molecule has 1 atom stereocenters. The Balaban J connectivity index is 2.00. The van der Waals surface area contributed by atoms with Crippen LogP contribution in [0.15, 0.2) is 34.9 Å². The molecule has 1 unspecified atom stereocenters. The van der Waals surface area contributed by atoms with Gasteiger partial charge in [-0.05, 0) is 31.4 Å². The first-order chi connectivity index (χ1) is 8.16. The van der Waals surface area contributed by atoms with Crippen LogP contribution in [0, 0.1) is 6.92 Å². The van der Waals surface area contributed by atoms with Crippen molar-refractivity contribution in [3.05, 3.63) is 53.2 Å². The summed E-state index contributed by atoms with van der Waals surface area (Å²) in [5, 5.41) is 0. The van der Waals surface area contributed by atoms with E-state index in [-0.39, 0.29) is 6.04 Å². The van der Waals surface area contributed by atoms with E-state index in [4.69, 9.17) is 10.2 Å². The standard InChI is InChI=1S/C14H18N2O/c1-10-5-3-4-6-12(10)7-8-13-9-16-14(17-13)11(2)15/h3-6,9,11H,7-8,15H2,1-2H3. The van der Waals surface area contributed by atoms with E-state index in [1.165, 1.54) is 11.1 Å². The van der Waals surface area contributed by atoms with E-state index >= 15 is 0 Å². The Bertz CT molecular complexity index is 488. The minimum atomic E-state index is -0.137. The molecule has 0 aliphatic rings. The van der Waals surface area contributed by atoms with Crippen molar-refractivity contribution in [1.82, 2.24) is 4.98 Å². The van der Waals surface area contributed by atoms with Gasteiger partial charge in [0.2, 0.25) is 5.89 Å². The van der Waals surface area contributed by atoms with Crippen LogP contribution in [-0.4, -0.2) is 4.98 Å². The molecular formula is C14H18N2O. The van der Waals surface area contributed by atoms with Crippen molar-refractivity contribution in [3.8, 4) is 0 Å². The summed E-state index contributed by atoms with van der Waals surface area (Å²) < 4.78 is 5.57. The predicted octanol–water partition coefficient (Wildman–Crippen LogP) is 2.79. The van der Waals surface area contributed by atoms with Crippen LogP contribution < -0.4 is 5.73 Å². The average Bonchev–Trinajstić information content (AvgIpc) is 2.77.